The molecule has 0 atom stereocenters. The zero-order valence-electron chi connectivity index (χ0n) is 10.2. The Hall–Kier alpha value is -0.860. The van der Waals surface area contributed by atoms with Crippen LogP contribution < -0.4 is 0 Å². The third-order valence-electron chi connectivity index (χ3n) is 4.00. The highest BCUT2D eigenvalue weighted by atomic mass is 16.5. The molecule has 1 aromatic rings. The van der Waals surface area contributed by atoms with Crippen molar-refractivity contribution in [3.8, 4) is 0 Å². The van der Waals surface area contributed by atoms with Gasteiger partial charge in [0.05, 0.1) is 5.60 Å². The molecule has 1 N–H and O–H groups in total. The zero-order valence-corrected chi connectivity index (χ0v) is 10.2. The number of ether oxygens (including phenoxy) is 1. The summed E-state index contributed by atoms with van der Waals surface area (Å²) in [5, 5.41) is 9.96. The third-order valence-corrected chi connectivity index (χ3v) is 4.00. The van der Waals surface area contributed by atoms with Gasteiger partial charge in [0.25, 0.3) is 0 Å². The van der Waals surface area contributed by atoms with E-state index in [1.807, 2.05) is 0 Å². The first-order valence-corrected chi connectivity index (χ1v) is 6.64. The Bertz CT molecular complexity index is 390. The fraction of sp³-hybridized carbons (Fsp3) is 0.600. The van der Waals surface area contributed by atoms with Gasteiger partial charge in [0.2, 0.25) is 0 Å². The van der Waals surface area contributed by atoms with Crippen molar-refractivity contribution < 1.29 is 9.84 Å². The van der Waals surface area contributed by atoms with Gasteiger partial charge >= 0.3 is 0 Å². The van der Waals surface area contributed by atoms with E-state index in [4.69, 9.17) is 4.74 Å². The maximum absolute atomic E-state index is 9.96. The highest BCUT2D eigenvalue weighted by Gasteiger charge is 2.40. The van der Waals surface area contributed by atoms with E-state index in [0.29, 0.717) is 5.92 Å². The summed E-state index contributed by atoms with van der Waals surface area (Å²) in [6.07, 6.45) is 5.02. The zero-order chi connectivity index (χ0) is 11.7. The molecule has 0 bridgehead atoms. The minimum absolute atomic E-state index is 0.381. The Morgan fingerprint density at radius 1 is 1.24 bits per heavy atom. The van der Waals surface area contributed by atoms with Crippen molar-refractivity contribution in [3.05, 3.63) is 35.4 Å². The van der Waals surface area contributed by atoms with Crippen LogP contribution in [0.3, 0.4) is 0 Å². The lowest BCUT2D eigenvalue weighted by atomic mass is 9.90. The van der Waals surface area contributed by atoms with Gasteiger partial charge in [-0.2, -0.15) is 0 Å². The average molecular weight is 232 g/mol. The van der Waals surface area contributed by atoms with E-state index in [1.165, 1.54) is 11.1 Å². The second-order valence-electron chi connectivity index (χ2n) is 5.53. The summed E-state index contributed by atoms with van der Waals surface area (Å²) in [7, 11) is 0. The first-order valence-electron chi connectivity index (χ1n) is 6.64. The van der Waals surface area contributed by atoms with Crippen LogP contribution in [0, 0.1) is 0 Å². The molecule has 1 aliphatic heterocycles. The lowest BCUT2D eigenvalue weighted by Gasteiger charge is -2.23. The van der Waals surface area contributed by atoms with Crippen molar-refractivity contribution in [3.63, 3.8) is 0 Å². The molecule has 2 fully saturated rings. The molecule has 0 aromatic heterocycles. The number of hydrogen-bond acceptors (Lipinski definition) is 2. The van der Waals surface area contributed by atoms with E-state index < -0.39 is 0 Å². The summed E-state index contributed by atoms with van der Waals surface area (Å²) in [6.45, 7) is 1.78. The van der Waals surface area contributed by atoms with Crippen LogP contribution in [-0.2, 0) is 11.2 Å². The minimum Gasteiger partial charge on any atom is -0.390 e. The summed E-state index contributed by atoms with van der Waals surface area (Å²) < 4.78 is 5.40. The van der Waals surface area contributed by atoms with Crippen LogP contribution in [0.15, 0.2) is 24.3 Å². The van der Waals surface area contributed by atoms with Crippen LogP contribution in [0.25, 0.3) is 0 Å². The molecule has 92 valence electrons. The summed E-state index contributed by atoms with van der Waals surface area (Å²) in [6, 6.07) is 8.77. The van der Waals surface area contributed by atoms with E-state index in [-0.39, 0.29) is 5.60 Å². The quantitative estimate of drug-likeness (QED) is 0.868. The first-order chi connectivity index (χ1) is 8.25. The van der Waals surface area contributed by atoms with Gasteiger partial charge in [0, 0.05) is 19.6 Å². The van der Waals surface area contributed by atoms with E-state index in [0.717, 1.165) is 45.3 Å². The second-order valence-corrected chi connectivity index (χ2v) is 5.53. The van der Waals surface area contributed by atoms with E-state index in [2.05, 4.69) is 24.3 Å². The summed E-state index contributed by atoms with van der Waals surface area (Å²) in [5.74, 6) is 0.651. The maximum Gasteiger partial charge on any atom is 0.0690 e. The van der Waals surface area contributed by atoms with Crippen LogP contribution >= 0.6 is 0 Å². The molecule has 1 saturated heterocycles. The summed E-state index contributed by atoms with van der Waals surface area (Å²) in [5.41, 5.74) is 2.33. The van der Waals surface area contributed by atoms with Crippen molar-refractivity contribution in [1.29, 1.82) is 0 Å². The molecule has 3 rings (SSSR count). The highest BCUT2D eigenvalue weighted by Crippen LogP contribution is 2.38. The van der Waals surface area contributed by atoms with Crippen molar-refractivity contribution in [2.75, 3.05) is 13.2 Å². The Kier molecular flexibility index (Phi) is 2.93. The van der Waals surface area contributed by atoms with E-state index in [1.54, 1.807) is 0 Å². The van der Waals surface area contributed by atoms with Crippen LogP contribution in [0.2, 0.25) is 0 Å². The number of benzene rings is 1. The Morgan fingerprint density at radius 2 is 2.00 bits per heavy atom. The molecule has 0 amide bonds. The van der Waals surface area contributed by atoms with E-state index in [9.17, 15) is 5.11 Å². The molecule has 17 heavy (non-hydrogen) atoms. The van der Waals surface area contributed by atoms with Crippen LogP contribution in [0.1, 0.15) is 42.7 Å². The van der Waals surface area contributed by atoms with Gasteiger partial charge in [0.1, 0.15) is 0 Å². The molecule has 0 radical (unpaired) electrons. The fourth-order valence-electron chi connectivity index (χ4n) is 2.69. The van der Waals surface area contributed by atoms with E-state index >= 15 is 0 Å². The molecule has 2 aliphatic rings. The van der Waals surface area contributed by atoms with Gasteiger partial charge < -0.3 is 9.84 Å². The van der Waals surface area contributed by atoms with Crippen LogP contribution in [-0.4, -0.2) is 23.9 Å². The monoisotopic (exact) mass is 232 g/mol. The Labute approximate surface area is 103 Å². The standard InChI is InChI=1S/C15H20O2/c16-15(6-7-15)11-12-2-1-3-14(10-12)13-4-8-17-9-5-13/h1-3,10,13,16H,4-9,11H2. The molecular weight excluding hydrogens is 212 g/mol. The van der Waals surface area contributed by atoms with Crippen LogP contribution in [0.5, 0.6) is 0 Å². The molecule has 0 spiro atoms. The predicted octanol–water partition coefficient (Wildman–Crippen LogP) is 2.65. The Balaban J connectivity index is 1.73. The number of aliphatic hydroxyl groups is 1. The number of rotatable bonds is 3. The first kappa shape index (κ1) is 11.2. The molecule has 0 unspecified atom stereocenters. The number of hydrogen-bond donors (Lipinski definition) is 1. The SMILES string of the molecule is OC1(Cc2cccc(C3CCOCC3)c2)CC1. The predicted molar refractivity (Wildman–Crippen MR) is 67.1 cm³/mol. The van der Waals surface area contributed by atoms with Gasteiger partial charge in [-0.25, -0.2) is 0 Å². The molecule has 2 nitrogen and oxygen atoms in total. The normalized spacial score (nSPS) is 23.6. The fourth-order valence-corrected chi connectivity index (χ4v) is 2.69. The Morgan fingerprint density at radius 3 is 2.71 bits per heavy atom. The summed E-state index contributed by atoms with van der Waals surface area (Å²) >= 11 is 0. The van der Waals surface area contributed by atoms with Gasteiger partial charge in [-0.3, -0.25) is 0 Å². The molecule has 1 heterocycles. The van der Waals surface area contributed by atoms with Crippen molar-refractivity contribution in [2.45, 2.75) is 43.6 Å². The van der Waals surface area contributed by atoms with Crippen molar-refractivity contribution in [1.82, 2.24) is 0 Å². The summed E-state index contributed by atoms with van der Waals surface area (Å²) in [4.78, 5) is 0. The smallest absolute Gasteiger partial charge is 0.0690 e. The van der Waals surface area contributed by atoms with Gasteiger partial charge in [-0.1, -0.05) is 24.3 Å². The lowest BCUT2D eigenvalue weighted by Crippen LogP contribution is -2.15. The highest BCUT2D eigenvalue weighted by molar-refractivity contribution is 5.28. The topological polar surface area (TPSA) is 29.5 Å². The van der Waals surface area contributed by atoms with Gasteiger partial charge in [0.15, 0.2) is 0 Å². The molecule has 1 saturated carbocycles. The maximum atomic E-state index is 9.96. The van der Waals surface area contributed by atoms with Crippen LogP contribution in [0.4, 0.5) is 0 Å². The van der Waals surface area contributed by atoms with Crippen molar-refractivity contribution in [2.24, 2.45) is 0 Å². The van der Waals surface area contributed by atoms with Crippen molar-refractivity contribution >= 4 is 0 Å². The minimum atomic E-state index is -0.381. The van der Waals surface area contributed by atoms with Gasteiger partial charge in [-0.05, 0) is 42.7 Å². The second kappa shape index (κ2) is 4.43. The third kappa shape index (κ3) is 2.70. The largest absolute Gasteiger partial charge is 0.390 e. The molecular formula is C15H20O2. The van der Waals surface area contributed by atoms with Gasteiger partial charge in [-0.15, -0.1) is 0 Å². The molecule has 1 aliphatic carbocycles. The molecule has 1 aromatic carbocycles. The molecule has 2 heteroatoms. The lowest BCUT2D eigenvalue weighted by molar-refractivity contribution is 0.0853. The average Bonchev–Trinajstić information content (AvgIpc) is 3.08.